The van der Waals surface area contributed by atoms with E-state index in [0.717, 1.165) is 40.7 Å². The van der Waals surface area contributed by atoms with E-state index in [1.807, 2.05) is 50.2 Å². The number of hydrogen-bond donors (Lipinski definition) is 2. The molecule has 0 bridgehead atoms. The second-order valence-electron chi connectivity index (χ2n) is 6.98. The molecule has 1 aliphatic rings. The van der Waals surface area contributed by atoms with Crippen LogP contribution in [-0.2, 0) is 14.3 Å². The Bertz CT molecular complexity index is 790. The van der Waals surface area contributed by atoms with Crippen molar-refractivity contribution in [3.8, 4) is 0 Å². The van der Waals surface area contributed by atoms with Gasteiger partial charge in [-0.1, -0.05) is 30.3 Å². The quantitative estimate of drug-likeness (QED) is 0.807. The lowest BCUT2D eigenvalue weighted by molar-refractivity contribution is -0.921. The number of amides is 1. The third-order valence-electron chi connectivity index (χ3n) is 5.20. The standard InChI is InChI=1S/C21H26N2O3/c1-3-26-21(25)18-9-6-12-23(14-18)15(2)20(24)22-19-11-10-16-7-4-5-8-17(16)13-19/h4-5,7-8,10-11,13,15,18H,3,6,9,12,14H2,1-2H3,(H,22,24)/p+1/t15-,18-/m0/s1. The second kappa shape index (κ2) is 8.32. The molecule has 5 heteroatoms. The van der Waals surface area contributed by atoms with Gasteiger partial charge in [-0.2, -0.15) is 0 Å². The first-order chi connectivity index (χ1) is 12.6. The Morgan fingerprint density at radius 1 is 1.23 bits per heavy atom. The normalized spacial score (nSPS) is 21.2. The third kappa shape index (κ3) is 4.22. The number of quaternary nitrogens is 1. The van der Waals surface area contributed by atoms with Crippen molar-refractivity contribution in [2.24, 2.45) is 5.92 Å². The number of ether oxygens (including phenoxy) is 1. The molecule has 138 valence electrons. The van der Waals surface area contributed by atoms with Crippen molar-refractivity contribution in [2.75, 3.05) is 25.0 Å². The van der Waals surface area contributed by atoms with Crippen molar-refractivity contribution < 1.29 is 19.2 Å². The number of piperidine rings is 1. The van der Waals surface area contributed by atoms with Crippen LogP contribution >= 0.6 is 0 Å². The fourth-order valence-corrected chi connectivity index (χ4v) is 3.65. The minimum Gasteiger partial charge on any atom is -0.466 e. The first kappa shape index (κ1) is 18.4. The van der Waals surface area contributed by atoms with Crippen LogP contribution in [0.3, 0.4) is 0 Å². The van der Waals surface area contributed by atoms with Gasteiger partial charge < -0.3 is 15.0 Å². The van der Waals surface area contributed by atoms with E-state index in [1.165, 1.54) is 0 Å². The number of rotatable bonds is 5. The van der Waals surface area contributed by atoms with Gasteiger partial charge in [0.25, 0.3) is 5.91 Å². The Morgan fingerprint density at radius 2 is 2.00 bits per heavy atom. The number of hydrogen-bond acceptors (Lipinski definition) is 3. The van der Waals surface area contributed by atoms with Crippen LogP contribution in [0, 0.1) is 5.92 Å². The van der Waals surface area contributed by atoms with Gasteiger partial charge in [-0.25, -0.2) is 0 Å². The molecule has 1 aliphatic heterocycles. The molecule has 1 amide bonds. The number of nitrogens with one attached hydrogen (secondary N) is 2. The number of fused-ring (bicyclic) bond motifs is 1. The summed E-state index contributed by atoms with van der Waals surface area (Å²) < 4.78 is 5.15. The second-order valence-corrected chi connectivity index (χ2v) is 6.98. The summed E-state index contributed by atoms with van der Waals surface area (Å²) in [5.74, 6) is -0.249. The average molecular weight is 355 g/mol. The summed E-state index contributed by atoms with van der Waals surface area (Å²) >= 11 is 0. The highest BCUT2D eigenvalue weighted by Crippen LogP contribution is 2.19. The molecule has 2 aromatic carbocycles. The molecule has 2 N–H and O–H groups in total. The molecule has 0 spiro atoms. The highest BCUT2D eigenvalue weighted by Gasteiger charge is 2.34. The van der Waals surface area contributed by atoms with Crippen LogP contribution < -0.4 is 10.2 Å². The molecule has 26 heavy (non-hydrogen) atoms. The molecular weight excluding hydrogens is 328 g/mol. The lowest BCUT2D eigenvalue weighted by atomic mass is 9.97. The Morgan fingerprint density at radius 3 is 2.77 bits per heavy atom. The molecule has 1 heterocycles. The number of carbonyl (C=O) groups excluding carboxylic acids is 2. The van der Waals surface area contributed by atoms with Crippen molar-refractivity contribution in [3.63, 3.8) is 0 Å². The van der Waals surface area contributed by atoms with Crippen LogP contribution in [0.5, 0.6) is 0 Å². The van der Waals surface area contributed by atoms with Gasteiger partial charge in [-0.3, -0.25) is 9.59 Å². The van der Waals surface area contributed by atoms with E-state index in [2.05, 4.69) is 11.4 Å². The molecule has 3 atom stereocenters. The molecule has 1 saturated heterocycles. The molecule has 2 aromatic rings. The predicted octanol–water partition coefficient (Wildman–Crippen LogP) is 2.02. The van der Waals surface area contributed by atoms with Gasteiger partial charge in [0.15, 0.2) is 6.04 Å². The molecule has 1 unspecified atom stereocenters. The van der Waals surface area contributed by atoms with Gasteiger partial charge in [0, 0.05) is 5.69 Å². The van der Waals surface area contributed by atoms with Gasteiger partial charge in [0.2, 0.25) is 0 Å². The highest BCUT2D eigenvalue weighted by molar-refractivity contribution is 5.96. The zero-order valence-corrected chi connectivity index (χ0v) is 15.5. The number of anilines is 1. The lowest BCUT2D eigenvalue weighted by Gasteiger charge is -2.32. The summed E-state index contributed by atoms with van der Waals surface area (Å²) in [5.41, 5.74) is 0.805. The van der Waals surface area contributed by atoms with Gasteiger partial charge in [-0.15, -0.1) is 0 Å². The Labute approximate surface area is 154 Å². The zero-order valence-electron chi connectivity index (χ0n) is 15.5. The first-order valence-corrected chi connectivity index (χ1v) is 9.39. The van der Waals surface area contributed by atoms with E-state index in [9.17, 15) is 9.59 Å². The summed E-state index contributed by atoms with van der Waals surface area (Å²) in [6, 6.07) is 13.8. The van der Waals surface area contributed by atoms with Crippen LogP contribution in [0.25, 0.3) is 10.8 Å². The van der Waals surface area contributed by atoms with Crippen molar-refractivity contribution in [3.05, 3.63) is 42.5 Å². The molecule has 5 nitrogen and oxygen atoms in total. The van der Waals surface area contributed by atoms with Crippen molar-refractivity contribution in [2.45, 2.75) is 32.7 Å². The molecule has 3 rings (SSSR count). The molecule has 1 fully saturated rings. The highest BCUT2D eigenvalue weighted by atomic mass is 16.5. The van der Waals surface area contributed by atoms with E-state index >= 15 is 0 Å². The molecule has 0 aromatic heterocycles. The van der Waals surface area contributed by atoms with Gasteiger partial charge in [-0.05, 0) is 49.6 Å². The fourth-order valence-electron chi connectivity index (χ4n) is 3.65. The van der Waals surface area contributed by atoms with Crippen LogP contribution in [0.15, 0.2) is 42.5 Å². The van der Waals surface area contributed by atoms with E-state index < -0.39 is 0 Å². The Kier molecular flexibility index (Phi) is 5.89. The maximum absolute atomic E-state index is 12.7. The SMILES string of the molecule is CCOC(=O)[C@H]1CCC[NH+]([C@@H](C)C(=O)Nc2ccc3ccccc3c2)C1. The van der Waals surface area contributed by atoms with Crippen LogP contribution in [-0.4, -0.2) is 37.6 Å². The lowest BCUT2D eigenvalue weighted by Crippen LogP contribution is -3.18. The maximum Gasteiger partial charge on any atom is 0.314 e. The average Bonchev–Trinajstić information content (AvgIpc) is 2.67. The maximum atomic E-state index is 12.7. The van der Waals surface area contributed by atoms with E-state index in [4.69, 9.17) is 4.74 Å². The summed E-state index contributed by atoms with van der Waals surface area (Å²) in [6.45, 7) is 5.72. The minimum absolute atomic E-state index is 0.0141. The molecule has 0 aliphatic carbocycles. The summed E-state index contributed by atoms with van der Waals surface area (Å²) in [5, 5.41) is 5.28. The number of benzene rings is 2. The number of carbonyl (C=O) groups is 2. The van der Waals surface area contributed by atoms with Crippen LogP contribution in [0.2, 0.25) is 0 Å². The molecular formula is C21H27N2O3+. The number of esters is 1. The van der Waals surface area contributed by atoms with Crippen LogP contribution in [0.4, 0.5) is 5.69 Å². The summed E-state index contributed by atoms with van der Waals surface area (Å²) in [7, 11) is 0. The van der Waals surface area contributed by atoms with Crippen molar-refractivity contribution in [1.82, 2.24) is 0 Å². The molecule has 0 saturated carbocycles. The first-order valence-electron chi connectivity index (χ1n) is 9.39. The number of likely N-dealkylation sites (tertiary alicyclic amines) is 1. The van der Waals surface area contributed by atoms with Crippen molar-refractivity contribution >= 4 is 28.3 Å². The van der Waals surface area contributed by atoms with Gasteiger partial charge in [0.1, 0.15) is 5.92 Å². The Balaban J connectivity index is 1.63. The topological polar surface area (TPSA) is 59.8 Å². The third-order valence-corrected chi connectivity index (χ3v) is 5.20. The minimum atomic E-state index is -0.210. The smallest absolute Gasteiger partial charge is 0.314 e. The molecule has 0 radical (unpaired) electrons. The van der Waals surface area contributed by atoms with Gasteiger partial charge >= 0.3 is 5.97 Å². The fraction of sp³-hybridized carbons (Fsp3) is 0.429. The van der Waals surface area contributed by atoms with Crippen LogP contribution in [0.1, 0.15) is 26.7 Å². The van der Waals surface area contributed by atoms with E-state index in [1.54, 1.807) is 0 Å². The monoisotopic (exact) mass is 355 g/mol. The van der Waals surface area contributed by atoms with E-state index in [-0.39, 0.29) is 23.8 Å². The van der Waals surface area contributed by atoms with Crippen molar-refractivity contribution in [1.29, 1.82) is 0 Å². The summed E-state index contributed by atoms with van der Waals surface area (Å²) in [4.78, 5) is 25.9. The predicted molar refractivity (Wildman–Crippen MR) is 102 cm³/mol. The summed E-state index contributed by atoms with van der Waals surface area (Å²) in [6.07, 6.45) is 1.79. The zero-order chi connectivity index (χ0) is 18.5. The van der Waals surface area contributed by atoms with E-state index in [0.29, 0.717) is 13.2 Å². The van der Waals surface area contributed by atoms with Gasteiger partial charge in [0.05, 0.1) is 19.7 Å². The largest absolute Gasteiger partial charge is 0.466 e. The Hall–Kier alpha value is -2.40.